The van der Waals surface area contributed by atoms with Gasteiger partial charge < -0.3 is 14.4 Å². The summed E-state index contributed by atoms with van der Waals surface area (Å²) < 4.78 is 13.6. The summed E-state index contributed by atoms with van der Waals surface area (Å²) in [4.78, 5) is 15.2. The van der Waals surface area contributed by atoms with E-state index in [2.05, 4.69) is 11.7 Å². The molecule has 3 unspecified atom stereocenters. The largest absolute Gasteiger partial charge is 0.374 e. The second kappa shape index (κ2) is 6.61. The Labute approximate surface area is 147 Å². The number of hydrogen-bond donors (Lipinski definition) is 0. The molecule has 2 fully saturated rings. The lowest BCUT2D eigenvalue weighted by Crippen LogP contribution is -2.46. The van der Waals surface area contributed by atoms with Gasteiger partial charge in [-0.15, -0.1) is 6.58 Å². The molecule has 132 valence electrons. The van der Waals surface area contributed by atoms with Crippen LogP contribution in [0.15, 0.2) is 36.9 Å². The van der Waals surface area contributed by atoms with Crippen molar-refractivity contribution in [3.63, 3.8) is 0 Å². The van der Waals surface area contributed by atoms with Gasteiger partial charge in [0.15, 0.2) is 5.69 Å². The fraction of sp³-hybridized carbons (Fsp3) is 0.474. The molecular weight excluding hydrogens is 318 g/mol. The van der Waals surface area contributed by atoms with Crippen LogP contribution < -0.4 is 0 Å². The third kappa shape index (κ3) is 2.75. The van der Waals surface area contributed by atoms with Crippen LogP contribution >= 0.6 is 0 Å². The predicted octanol–water partition coefficient (Wildman–Crippen LogP) is 2.15. The zero-order valence-electron chi connectivity index (χ0n) is 14.4. The minimum Gasteiger partial charge on any atom is -0.374 e. The summed E-state index contributed by atoms with van der Waals surface area (Å²) in [5.74, 6) is -0.0415. The van der Waals surface area contributed by atoms with Crippen molar-refractivity contribution in [2.24, 2.45) is 7.05 Å². The van der Waals surface area contributed by atoms with Crippen LogP contribution in [0.25, 0.3) is 10.9 Å². The highest BCUT2D eigenvalue weighted by molar-refractivity contribution is 6.05. The maximum absolute atomic E-state index is 13.3. The molecule has 1 aliphatic heterocycles. The van der Waals surface area contributed by atoms with Gasteiger partial charge >= 0.3 is 0 Å². The van der Waals surface area contributed by atoms with Crippen LogP contribution in [0.2, 0.25) is 0 Å². The second-order valence-corrected chi connectivity index (χ2v) is 6.63. The average Bonchev–Trinajstić information content (AvgIpc) is 3.10. The summed E-state index contributed by atoms with van der Waals surface area (Å²) in [6.45, 7) is 5.29. The number of amides is 1. The molecule has 2 aromatic rings. The van der Waals surface area contributed by atoms with Crippen LogP contribution in [-0.2, 0) is 16.5 Å². The normalized spacial score (nSPS) is 26.0. The van der Waals surface area contributed by atoms with Gasteiger partial charge in [-0.25, -0.2) is 0 Å². The van der Waals surface area contributed by atoms with E-state index in [0.717, 1.165) is 23.7 Å². The first-order chi connectivity index (χ1) is 12.2. The molecule has 0 spiro atoms. The zero-order chi connectivity index (χ0) is 17.4. The molecule has 0 radical (unpaired) electrons. The number of para-hydroxylation sites is 1. The van der Waals surface area contributed by atoms with Gasteiger partial charge in [-0.3, -0.25) is 9.48 Å². The first kappa shape index (κ1) is 16.3. The lowest BCUT2D eigenvalue weighted by molar-refractivity contribution is -0.0434. The SMILES string of the molecule is C=CCOC1C2CCC1N(C(=O)c1nn(C)c3ccccc13)CCO2. The number of aryl methyl sites for hydroxylation is 1. The van der Waals surface area contributed by atoms with Crippen molar-refractivity contribution < 1.29 is 14.3 Å². The molecule has 1 saturated heterocycles. The van der Waals surface area contributed by atoms with E-state index in [9.17, 15) is 4.79 Å². The van der Waals surface area contributed by atoms with Crippen LogP contribution in [0.1, 0.15) is 23.3 Å². The van der Waals surface area contributed by atoms with Crippen LogP contribution in [-0.4, -0.2) is 58.6 Å². The Morgan fingerprint density at radius 3 is 3.12 bits per heavy atom. The number of carbonyl (C=O) groups excluding carboxylic acids is 1. The molecule has 4 rings (SSSR count). The van der Waals surface area contributed by atoms with Gasteiger partial charge in [-0.1, -0.05) is 24.3 Å². The quantitative estimate of drug-likeness (QED) is 0.800. The van der Waals surface area contributed by atoms with Gasteiger partial charge in [-0.2, -0.15) is 5.10 Å². The highest BCUT2D eigenvalue weighted by Crippen LogP contribution is 2.33. The molecule has 1 aliphatic carbocycles. The van der Waals surface area contributed by atoms with Crippen LogP contribution in [0.4, 0.5) is 0 Å². The lowest BCUT2D eigenvalue weighted by atomic mass is 10.1. The standard InChI is InChI=1S/C19H23N3O3/c1-3-11-25-18-15-8-9-16(18)24-12-10-22(15)19(23)17-13-6-4-5-7-14(13)21(2)20-17/h3-7,15-16,18H,1,8-12H2,2H3. The minimum atomic E-state index is -0.0978. The van der Waals surface area contributed by atoms with E-state index in [1.54, 1.807) is 10.8 Å². The van der Waals surface area contributed by atoms with E-state index in [1.165, 1.54) is 0 Å². The molecule has 1 aromatic heterocycles. The predicted molar refractivity (Wildman–Crippen MR) is 94.4 cm³/mol. The molecule has 6 heteroatoms. The maximum Gasteiger partial charge on any atom is 0.275 e. The van der Waals surface area contributed by atoms with Crippen molar-refractivity contribution in [1.29, 1.82) is 0 Å². The van der Waals surface area contributed by atoms with Crippen molar-refractivity contribution in [2.75, 3.05) is 19.8 Å². The monoisotopic (exact) mass is 341 g/mol. The molecule has 6 nitrogen and oxygen atoms in total. The number of carbonyl (C=O) groups is 1. The van der Waals surface area contributed by atoms with Gasteiger partial charge in [0.1, 0.15) is 6.10 Å². The Kier molecular flexibility index (Phi) is 4.31. The lowest BCUT2D eigenvalue weighted by Gasteiger charge is -2.30. The molecule has 2 bridgehead atoms. The second-order valence-electron chi connectivity index (χ2n) is 6.63. The Bertz CT molecular complexity index is 800. The number of benzene rings is 1. The van der Waals surface area contributed by atoms with E-state index in [-0.39, 0.29) is 24.2 Å². The van der Waals surface area contributed by atoms with Gasteiger partial charge in [0.05, 0.1) is 30.9 Å². The summed E-state index contributed by atoms with van der Waals surface area (Å²) in [5, 5.41) is 5.38. The molecule has 25 heavy (non-hydrogen) atoms. The Morgan fingerprint density at radius 2 is 2.28 bits per heavy atom. The molecule has 3 atom stereocenters. The Morgan fingerprint density at radius 1 is 1.44 bits per heavy atom. The summed E-state index contributed by atoms with van der Waals surface area (Å²) in [6, 6.07) is 7.85. The minimum absolute atomic E-state index is 0.0284. The molecule has 2 heterocycles. The molecular formula is C19H23N3O3. The first-order valence-corrected chi connectivity index (χ1v) is 8.77. The Balaban J connectivity index is 1.67. The van der Waals surface area contributed by atoms with E-state index in [0.29, 0.717) is 25.5 Å². The number of rotatable bonds is 4. The number of ether oxygens (including phenoxy) is 2. The number of hydrogen-bond acceptors (Lipinski definition) is 4. The van der Waals surface area contributed by atoms with E-state index >= 15 is 0 Å². The van der Waals surface area contributed by atoms with Crippen molar-refractivity contribution in [1.82, 2.24) is 14.7 Å². The van der Waals surface area contributed by atoms with Crippen molar-refractivity contribution in [3.05, 3.63) is 42.6 Å². The number of aromatic nitrogens is 2. The van der Waals surface area contributed by atoms with Gasteiger partial charge in [0.2, 0.25) is 0 Å². The topological polar surface area (TPSA) is 56.6 Å². The van der Waals surface area contributed by atoms with Gasteiger partial charge in [0.25, 0.3) is 5.91 Å². The van der Waals surface area contributed by atoms with Crippen molar-refractivity contribution in [3.8, 4) is 0 Å². The molecule has 1 amide bonds. The summed E-state index contributed by atoms with van der Waals surface area (Å²) >= 11 is 0. The van der Waals surface area contributed by atoms with E-state index < -0.39 is 0 Å². The van der Waals surface area contributed by atoms with Gasteiger partial charge in [-0.05, 0) is 18.9 Å². The summed E-state index contributed by atoms with van der Waals surface area (Å²) in [5.41, 5.74) is 1.46. The number of nitrogens with zero attached hydrogens (tertiary/aromatic N) is 3. The van der Waals surface area contributed by atoms with Gasteiger partial charge in [0, 0.05) is 19.0 Å². The maximum atomic E-state index is 13.3. The number of fused-ring (bicyclic) bond motifs is 3. The highest BCUT2D eigenvalue weighted by Gasteiger charge is 2.45. The smallest absolute Gasteiger partial charge is 0.275 e. The summed E-state index contributed by atoms with van der Waals surface area (Å²) in [6.07, 6.45) is 3.51. The third-order valence-corrected chi connectivity index (χ3v) is 5.18. The van der Waals surface area contributed by atoms with Crippen molar-refractivity contribution in [2.45, 2.75) is 31.1 Å². The summed E-state index contributed by atoms with van der Waals surface area (Å²) in [7, 11) is 1.87. The van der Waals surface area contributed by atoms with Crippen LogP contribution in [0.5, 0.6) is 0 Å². The van der Waals surface area contributed by atoms with E-state index in [4.69, 9.17) is 9.47 Å². The fourth-order valence-corrected chi connectivity index (χ4v) is 4.05. The molecule has 0 N–H and O–H groups in total. The van der Waals surface area contributed by atoms with E-state index in [1.807, 2.05) is 36.2 Å². The van der Waals surface area contributed by atoms with Crippen LogP contribution in [0, 0.1) is 0 Å². The Hall–Kier alpha value is -2.18. The fourth-order valence-electron chi connectivity index (χ4n) is 4.05. The highest BCUT2D eigenvalue weighted by atomic mass is 16.5. The molecule has 1 saturated carbocycles. The molecule has 2 aliphatic rings. The average molecular weight is 341 g/mol. The third-order valence-electron chi connectivity index (χ3n) is 5.18. The molecule has 1 aromatic carbocycles. The zero-order valence-corrected chi connectivity index (χ0v) is 14.4. The van der Waals surface area contributed by atoms with Crippen LogP contribution in [0.3, 0.4) is 0 Å². The van der Waals surface area contributed by atoms with Crippen molar-refractivity contribution >= 4 is 16.8 Å². The first-order valence-electron chi connectivity index (χ1n) is 8.77.